The van der Waals surface area contributed by atoms with Crippen molar-refractivity contribution in [3.63, 3.8) is 0 Å². The molecule has 0 spiro atoms. The van der Waals surface area contributed by atoms with Gasteiger partial charge in [0.1, 0.15) is 5.82 Å². The van der Waals surface area contributed by atoms with Crippen molar-refractivity contribution in [2.45, 2.75) is 44.9 Å². The first-order chi connectivity index (χ1) is 9.90. The topological polar surface area (TPSA) is 52.6 Å². The van der Waals surface area contributed by atoms with Crippen LogP contribution in [-0.4, -0.2) is 40.6 Å². The minimum atomic E-state index is -1.33. The third kappa shape index (κ3) is 4.02. The summed E-state index contributed by atoms with van der Waals surface area (Å²) >= 11 is 0. The van der Waals surface area contributed by atoms with E-state index in [0.29, 0.717) is 19.5 Å². The van der Waals surface area contributed by atoms with Crippen molar-refractivity contribution < 1.29 is 14.3 Å². The summed E-state index contributed by atoms with van der Waals surface area (Å²) in [6.07, 6.45) is 1.24. The predicted octanol–water partition coefficient (Wildman–Crippen LogP) is 1.68. The van der Waals surface area contributed by atoms with Crippen molar-refractivity contribution in [2.75, 3.05) is 13.1 Å². The van der Waals surface area contributed by atoms with Gasteiger partial charge in [-0.3, -0.25) is 4.79 Å². The summed E-state index contributed by atoms with van der Waals surface area (Å²) in [6.45, 7) is 5.26. The minimum absolute atomic E-state index is 0.217. The number of hydrogen-bond acceptors (Lipinski definition) is 3. The fourth-order valence-corrected chi connectivity index (χ4v) is 2.56. The zero-order valence-corrected chi connectivity index (χ0v) is 12.6. The molecule has 116 valence electrons. The van der Waals surface area contributed by atoms with E-state index in [0.717, 1.165) is 12.0 Å². The lowest BCUT2D eigenvalue weighted by atomic mass is 9.91. The van der Waals surface area contributed by atoms with Gasteiger partial charge in [0.15, 0.2) is 5.60 Å². The van der Waals surface area contributed by atoms with E-state index in [-0.39, 0.29) is 24.3 Å². The fraction of sp³-hybridized carbons (Fsp3) is 0.562. The molecule has 0 aliphatic carbocycles. The van der Waals surface area contributed by atoms with Crippen LogP contribution in [0.4, 0.5) is 4.39 Å². The van der Waals surface area contributed by atoms with E-state index in [1.54, 1.807) is 17.0 Å². The number of halogens is 1. The number of carbonyl (C=O) groups excluding carboxylic acids is 1. The van der Waals surface area contributed by atoms with Crippen LogP contribution in [0.15, 0.2) is 24.3 Å². The molecule has 0 bridgehead atoms. The summed E-state index contributed by atoms with van der Waals surface area (Å²) in [5, 5.41) is 13.7. The van der Waals surface area contributed by atoms with Gasteiger partial charge >= 0.3 is 0 Å². The molecule has 1 aromatic rings. The molecule has 4 nitrogen and oxygen atoms in total. The molecule has 1 amide bonds. The SMILES string of the molecule is CC(C)NCC1(O)CCCN(Cc2ccc(F)cc2)C1=O. The second-order valence-corrected chi connectivity index (χ2v) is 6.02. The molecule has 5 heteroatoms. The first-order valence-corrected chi connectivity index (χ1v) is 7.40. The van der Waals surface area contributed by atoms with Crippen LogP contribution < -0.4 is 5.32 Å². The van der Waals surface area contributed by atoms with E-state index in [1.807, 2.05) is 13.8 Å². The normalized spacial score (nSPS) is 22.9. The van der Waals surface area contributed by atoms with Crippen molar-refractivity contribution in [1.82, 2.24) is 10.2 Å². The molecule has 21 heavy (non-hydrogen) atoms. The Balaban J connectivity index is 2.03. The van der Waals surface area contributed by atoms with Crippen LogP contribution in [0.1, 0.15) is 32.3 Å². The molecule has 2 rings (SSSR count). The highest BCUT2D eigenvalue weighted by Crippen LogP contribution is 2.24. The fourth-order valence-electron chi connectivity index (χ4n) is 2.56. The highest BCUT2D eigenvalue weighted by Gasteiger charge is 2.41. The molecule has 1 atom stereocenters. The van der Waals surface area contributed by atoms with Crippen LogP contribution in [0, 0.1) is 5.82 Å². The van der Waals surface area contributed by atoms with Crippen LogP contribution in [0.3, 0.4) is 0 Å². The van der Waals surface area contributed by atoms with E-state index >= 15 is 0 Å². The van der Waals surface area contributed by atoms with Gasteiger partial charge in [-0.05, 0) is 30.5 Å². The zero-order chi connectivity index (χ0) is 15.5. The smallest absolute Gasteiger partial charge is 0.256 e. The summed E-state index contributed by atoms with van der Waals surface area (Å²) < 4.78 is 12.9. The molecular formula is C16H23FN2O2. The van der Waals surface area contributed by atoms with E-state index < -0.39 is 5.60 Å². The number of nitrogens with one attached hydrogen (secondary N) is 1. The Hall–Kier alpha value is -1.46. The first kappa shape index (κ1) is 15.9. The monoisotopic (exact) mass is 294 g/mol. The third-order valence-electron chi connectivity index (χ3n) is 3.79. The van der Waals surface area contributed by atoms with Crippen molar-refractivity contribution in [2.24, 2.45) is 0 Å². The maximum absolute atomic E-state index is 12.9. The molecule has 1 unspecified atom stereocenters. The molecule has 1 heterocycles. The maximum Gasteiger partial charge on any atom is 0.256 e. The summed E-state index contributed by atoms with van der Waals surface area (Å²) in [5.74, 6) is -0.535. The van der Waals surface area contributed by atoms with Gasteiger partial charge in [0, 0.05) is 25.7 Å². The second-order valence-electron chi connectivity index (χ2n) is 6.02. The van der Waals surface area contributed by atoms with E-state index in [9.17, 15) is 14.3 Å². The van der Waals surface area contributed by atoms with Gasteiger partial charge in [-0.15, -0.1) is 0 Å². The van der Waals surface area contributed by atoms with Crippen LogP contribution in [0.25, 0.3) is 0 Å². The van der Waals surface area contributed by atoms with Crippen molar-refractivity contribution in [3.8, 4) is 0 Å². The molecule has 1 aromatic carbocycles. The number of benzene rings is 1. The first-order valence-electron chi connectivity index (χ1n) is 7.40. The number of carbonyl (C=O) groups is 1. The Morgan fingerprint density at radius 3 is 2.67 bits per heavy atom. The standard InChI is InChI=1S/C16H23FN2O2/c1-12(2)18-11-16(21)8-3-9-19(15(16)20)10-13-4-6-14(17)7-5-13/h4-7,12,18,21H,3,8-11H2,1-2H3. The van der Waals surface area contributed by atoms with Crippen molar-refractivity contribution >= 4 is 5.91 Å². The average molecular weight is 294 g/mol. The van der Waals surface area contributed by atoms with Crippen LogP contribution >= 0.6 is 0 Å². The lowest BCUT2D eigenvalue weighted by Crippen LogP contribution is -2.58. The molecule has 0 radical (unpaired) electrons. The van der Waals surface area contributed by atoms with Gasteiger partial charge in [-0.1, -0.05) is 26.0 Å². The molecule has 0 aromatic heterocycles. The zero-order valence-electron chi connectivity index (χ0n) is 12.6. The maximum atomic E-state index is 12.9. The highest BCUT2D eigenvalue weighted by atomic mass is 19.1. The van der Waals surface area contributed by atoms with Gasteiger partial charge in [-0.2, -0.15) is 0 Å². The number of nitrogens with zero attached hydrogens (tertiary/aromatic N) is 1. The molecule has 1 saturated heterocycles. The Morgan fingerprint density at radius 2 is 2.05 bits per heavy atom. The number of amides is 1. The van der Waals surface area contributed by atoms with Gasteiger partial charge in [0.05, 0.1) is 0 Å². The lowest BCUT2D eigenvalue weighted by Gasteiger charge is -2.38. The van der Waals surface area contributed by atoms with Gasteiger partial charge < -0.3 is 15.3 Å². The number of piperidine rings is 1. The van der Waals surface area contributed by atoms with Gasteiger partial charge in [0.2, 0.25) is 0 Å². The Labute approximate surface area is 125 Å². The number of likely N-dealkylation sites (tertiary alicyclic amines) is 1. The van der Waals surface area contributed by atoms with E-state index in [2.05, 4.69) is 5.32 Å². The summed E-state index contributed by atoms with van der Waals surface area (Å²) in [4.78, 5) is 14.1. The van der Waals surface area contributed by atoms with E-state index in [4.69, 9.17) is 0 Å². The van der Waals surface area contributed by atoms with E-state index in [1.165, 1.54) is 12.1 Å². The molecule has 1 fully saturated rings. The molecule has 1 aliphatic heterocycles. The van der Waals surface area contributed by atoms with Gasteiger partial charge in [-0.25, -0.2) is 4.39 Å². The number of rotatable bonds is 5. The minimum Gasteiger partial charge on any atom is -0.379 e. The van der Waals surface area contributed by atoms with Crippen LogP contribution in [0.5, 0.6) is 0 Å². The quantitative estimate of drug-likeness (QED) is 0.868. The highest BCUT2D eigenvalue weighted by molar-refractivity contribution is 5.86. The number of aliphatic hydroxyl groups is 1. The number of hydrogen-bond donors (Lipinski definition) is 2. The largest absolute Gasteiger partial charge is 0.379 e. The Morgan fingerprint density at radius 1 is 1.38 bits per heavy atom. The summed E-state index contributed by atoms with van der Waals surface area (Å²) in [5.41, 5.74) is -0.464. The van der Waals surface area contributed by atoms with Crippen molar-refractivity contribution in [1.29, 1.82) is 0 Å². The molecule has 2 N–H and O–H groups in total. The predicted molar refractivity (Wildman–Crippen MR) is 79.1 cm³/mol. The third-order valence-corrected chi connectivity index (χ3v) is 3.79. The lowest BCUT2D eigenvalue weighted by molar-refractivity contribution is -0.157. The summed E-state index contributed by atoms with van der Waals surface area (Å²) in [7, 11) is 0. The molecule has 0 saturated carbocycles. The Kier molecular flexibility index (Phi) is 4.96. The van der Waals surface area contributed by atoms with Crippen LogP contribution in [0.2, 0.25) is 0 Å². The Bertz CT molecular complexity index is 490. The van der Waals surface area contributed by atoms with Crippen molar-refractivity contribution in [3.05, 3.63) is 35.6 Å². The molecular weight excluding hydrogens is 271 g/mol. The van der Waals surface area contributed by atoms with Gasteiger partial charge in [0.25, 0.3) is 5.91 Å². The molecule has 1 aliphatic rings. The second kappa shape index (κ2) is 6.54. The van der Waals surface area contributed by atoms with Crippen LogP contribution in [-0.2, 0) is 11.3 Å². The average Bonchev–Trinajstić information content (AvgIpc) is 2.44. The summed E-state index contributed by atoms with van der Waals surface area (Å²) in [6, 6.07) is 6.33.